The number of ether oxygens (including phenoxy) is 2. The van der Waals surface area contributed by atoms with Crippen molar-refractivity contribution in [3.05, 3.63) is 22.7 Å². The van der Waals surface area contributed by atoms with Crippen molar-refractivity contribution in [2.24, 2.45) is 0 Å². The number of methoxy groups -OCH3 is 1. The van der Waals surface area contributed by atoms with Gasteiger partial charge in [0, 0.05) is 23.7 Å². The first kappa shape index (κ1) is 13.5. The molecule has 0 aromatic heterocycles. The van der Waals surface area contributed by atoms with Crippen molar-refractivity contribution in [3.63, 3.8) is 0 Å². The Morgan fingerprint density at radius 2 is 2.11 bits per heavy atom. The molecule has 0 saturated heterocycles. The van der Waals surface area contributed by atoms with Gasteiger partial charge in [0.1, 0.15) is 5.75 Å². The number of hydrogen-bond donors (Lipinski definition) is 1. The van der Waals surface area contributed by atoms with Gasteiger partial charge in [-0.2, -0.15) is 0 Å². The molecule has 0 aliphatic heterocycles. The van der Waals surface area contributed by atoms with Crippen molar-refractivity contribution < 1.29 is 9.47 Å². The molecule has 1 aromatic carbocycles. The molecule has 3 nitrogen and oxygen atoms in total. The van der Waals surface area contributed by atoms with Gasteiger partial charge in [0.15, 0.2) is 0 Å². The highest BCUT2D eigenvalue weighted by Gasteiger charge is 2.30. The molecule has 2 rings (SSSR count). The van der Waals surface area contributed by atoms with Crippen LogP contribution < -0.4 is 10.1 Å². The lowest BCUT2D eigenvalue weighted by Crippen LogP contribution is -2.40. The van der Waals surface area contributed by atoms with Crippen molar-refractivity contribution in [2.75, 3.05) is 19.0 Å². The highest BCUT2D eigenvalue weighted by atomic mass is 35.5. The Hall–Kier alpha value is -0.930. The van der Waals surface area contributed by atoms with Gasteiger partial charge in [-0.25, -0.2) is 0 Å². The van der Waals surface area contributed by atoms with Crippen LogP contribution in [0.3, 0.4) is 0 Å². The maximum atomic E-state index is 6.09. The van der Waals surface area contributed by atoms with Gasteiger partial charge in [-0.3, -0.25) is 0 Å². The SMILES string of the molecule is CCOC1CC(Nc2cc(C)c(Cl)cc2OC)C1. The molecule has 18 heavy (non-hydrogen) atoms. The summed E-state index contributed by atoms with van der Waals surface area (Å²) >= 11 is 6.09. The minimum absolute atomic E-state index is 0.409. The maximum Gasteiger partial charge on any atom is 0.143 e. The van der Waals surface area contributed by atoms with Crippen molar-refractivity contribution in [1.82, 2.24) is 0 Å². The fraction of sp³-hybridized carbons (Fsp3) is 0.571. The van der Waals surface area contributed by atoms with Crippen LogP contribution in [0.4, 0.5) is 5.69 Å². The maximum absolute atomic E-state index is 6.09. The lowest BCUT2D eigenvalue weighted by molar-refractivity contribution is 0.00295. The summed E-state index contributed by atoms with van der Waals surface area (Å²) in [6.45, 7) is 4.82. The highest BCUT2D eigenvalue weighted by molar-refractivity contribution is 6.31. The normalized spacial score (nSPS) is 22.4. The lowest BCUT2D eigenvalue weighted by Gasteiger charge is -2.36. The average Bonchev–Trinajstić information content (AvgIpc) is 2.30. The predicted octanol–water partition coefficient (Wildman–Crippen LogP) is 3.64. The zero-order chi connectivity index (χ0) is 13.1. The fourth-order valence-corrected chi connectivity index (χ4v) is 2.37. The Bertz CT molecular complexity index is 417. The second-order valence-electron chi connectivity index (χ2n) is 4.69. The molecule has 0 atom stereocenters. The Labute approximate surface area is 113 Å². The van der Waals surface area contributed by atoms with E-state index in [-0.39, 0.29) is 0 Å². The molecule has 0 radical (unpaired) electrons. The molecule has 1 saturated carbocycles. The smallest absolute Gasteiger partial charge is 0.143 e. The molecular weight excluding hydrogens is 250 g/mol. The Balaban J connectivity index is 1.99. The average molecular weight is 270 g/mol. The molecule has 1 aliphatic rings. The molecule has 1 fully saturated rings. The first-order valence-corrected chi connectivity index (χ1v) is 6.74. The third-order valence-electron chi connectivity index (χ3n) is 3.34. The summed E-state index contributed by atoms with van der Waals surface area (Å²) in [6.07, 6.45) is 2.52. The summed E-state index contributed by atoms with van der Waals surface area (Å²) in [4.78, 5) is 0. The lowest BCUT2D eigenvalue weighted by atomic mass is 9.89. The number of rotatable bonds is 5. The van der Waals surface area contributed by atoms with E-state index in [1.807, 2.05) is 26.0 Å². The van der Waals surface area contributed by atoms with Gasteiger partial charge in [-0.05, 0) is 38.3 Å². The summed E-state index contributed by atoms with van der Waals surface area (Å²) < 4.78 is 10.9. The number of aryl methyl sites for hydroxylation is 1. The van der Waals surface area contributed by atoms with Gasteiger partial charge in [-0.15, -0.1) is 0 Å². The summed E-state index contributed by atoms with van der Waals surface area (Å²) in [5, 5.41) is 4.23. The number of anilines is 1. The topological polar surface area (TPSA) is 30.5 Å². The predicted molar refractivity (Wildman–Crippen MR) is 74.8 cm³/mol. The van der Waals surface area contributed by atoms with Gasteiger partial charge in [0.25, 0.3) is 0 Å². The standard InChI is InChI=1S/C14H20ClNO2/c1-4-18-11-6-10(7-11)16-13-5-9(2)12(15)8-14(13)17-3/h5,8,10-11,16H,4,6-7H2,1-3H3. The van der Waals surface area contributed by atoms with E-state index < -0.39 is 0 Å². The molecule has 0 spiro atoms. The number of hydrogen-bond acceptors (Lipinski definition) is 3. The molecule has 0 amide bonds. The zero-order valence-electron chi connectivity index (χ0n) is 11.1. The van der Waals surface area contributed by atoms with E-state index in [9.17, 15) is 0 Å². The Morgan fingerprint density at radius 1 is 1.39 bits per heavy atom. The van der Waals surface area contributed by atoms with Crippen LogP contribution in [0.25, 0.3) is 0 Å². The summed E-state index contributed by atoms with van der Waals surface area (Å²) in [6, 6.07) is 4.36. The fourth-order valence-electron chi connectivity index (χ4n) is 2.22. The number of benzene rings is 1. The first-order chi connectivity index (χ1) is 8.63. The van der Waals surface area contributed by atoms with Crippen molar-refractivity contribution in [1.29, 1.82) is 0 Å². The minimum atomic E-state index is 0.409. The quantitative estimate of drug-likeness (QED) is 0.885. The van der Waals surface area contributed by atoms with Crippen LogP contribution in [-0.4, -0.2) is 25.9 Å². The van der Waals surface area contributed by atoms with Gasteiger partial charge in [0.2, 0.25) is 0 Å². The van der Waals surface area contributed by atoms with Crippen molar-refractivity contribution >= 4 is 17.3 Å². The van der Waals surface area contributed by atoms with E-state index in [1.54, 1.807) is 7.11 Å². The van der Waals surface area contributed by atoms with Gasteiger partial charge < -0.3 is 14.8 Å². The summed E-state index contributed by atoms with van der Waals surface area (Å²) in [7, 11) is 1.66. The first-order valence-electron chi connectivity index (χ1n) is 6.36. The third kappa shape index (κ3) is 2.90. The van der Waals surface area contributed by atoms with Crippen LogP contribution in [0.15, 0.2) is 12.1 Å². The van der Waals surface area contributed by atoms with E-state index >= 15 is 0 Å². The molecule has 100 valence electrons. The molecule has 4 heteroatoms. The molecule has 0 unspecified atom stereocenters. The zero-order valence-corrected chi connectivity index (χ0v) is 11.9. The monoisotopic (exact) mass is 269 g/mol. The second kappa shape index (κ2) is 5.81. The van der Waals surface area contributed by atoms with E-state index in [1.165, 1.54) is 0 Å². The van der Waals surface area contributed by atoms with E-state index in [0.717, 1.165) is 41.5 Å². The van der Waals surface area contributed by atoms with E-state index in [2.05, 4.69) is 5.32 Å². The number of halogens is 1. The highest BCUT2D eigenvalue weighted by Crippen LogP contribution is 2.34. The van der Waals surface area contributed by atoms with E-state index in [0.29, 0.717) is 12.1 Å². The van der Waals surface area contributed by atoms with Crippen LogP contribution in [0, 0.1) is 6.92 Å². The Kier molecular flexibility index (Phi) is 4.36. The molecule has 0 bridgehead atoms. The van der Waals surface area contributed by atoms with Gasteiger partial charge in [-0.1, -0.05) is 11.6 Å². The molecule has 1 aliphatic carbocycles. The van der Waals surface area contributed by atoms with Crippen LogP contribution in [0.5, 0.6) is 5.75 Å². The van der Waals surface area contributed by atoms with Crippen LogP contribution in [0.2, 0.25) is 5.02 Å². The minimum Gasteiger partial charge on any atom is -0.495 e. The second-order valence-corrected chi connectivity index (χ2v) is 5.10. The molecular formula is C14H20ClNO2. The van der Waals surface area contributed by atoms with E-state index in [4.69, 9.17) is 21.1 Å². The summed E-state index contributed by atoms with van der Waals surface area (Å²) in [5.41, 5.74) is 2.07. The molecule has 1 N–H and O–H groups in total. The van der Waals surface area contributed by atoms with Crippen molar-refractivity contribution in [3.8, 4) is 5.75 Å². The van der Waals surface area contributed by atoms with Crippen LogP contribution in [-0.2, 0) is 4.74 Å². The van der Waals surface area contributed by atoms with Gasteiger partial charge >= 0.3 is 0 Å². The van der Waals surface area contributed by atoms with Crippen LogP contribution >= 0.6 is 11.6 Å². The number of nitrogens with one attached hydrogen (secondary N) is 1. The van der Waals surface area contributed by atoms with Crippen LogP contribution in [0.1, 0.15) is 25.3 Å². The third-order valence-corrected chi connectivity index (χ3v) is 3.74. The largest absolute Gasteiger partial charge is 0.495 e. The Morgan fingerprint density at radius 3 is 2.72 bits per heavy atom. The van der Waals surface area contributed by atoms with Crippen molar-refractivity contribution in [2.45, 2.75) is 38.8 Å². The molecule has 0 heterocycles. The molecule has 1 aromatic rings. The summed E-state index contributed by atoms with van der Waals surface area (Å²) in [5.74, 6) is 0.797. The van der Waals surface area contributed by atoms with Gasteiger partial charge in [0.05, 0.1) is 18.9 Å².